The largest absolute Gasteiger partial charge is 0.337 e. The van der Waals surface area contributed by atoms with E-state index in [9.17, 15) is 13.2 Å². The molecule has 1 aliphatic heterocycles. The Balaban J connectivity index is 1.74. The molecule has 1 aromatic carbocycles. The second-order valence-corrected chi connectivity index (χ2v) is 7.99. The zero-order chi connectivity index (χ0) is 16.3. The lowest BCUT2D eigenvalue weighted by Gasteiger charge is -2.20. The van der Waals surface area contributed by atoms with E-state index in [1.54, 1.807) is 17.0 Å². The van der Waals surface area contributed by atoms with Crippen LogP contribution in [0.4, 0.5) is 0 Å². The van der Waals surface area contributed by atoms with Gasteiger partial charge in [0.05, 0.1) is 4.90 Å². The predicted molar refractivity (Wildman–Crippen MR) is 87.7 cm³/mol. The van der Waals surface area contributed by atoms with Crippen LogP contribution < -0.4 is 10.0 Å². The van der Waals surface area contributed by atoms with Crippen LogP contribution in [0.2, 0.25) is 0 Å². The minimum atomic E-state index is -3.54. The molecular formula is C16H23N3O3S. The van der Waals surface area contributed by atoms with Gasteiger partial charge in [-0.25, -0.2) is 13.1 Å². The lowest BCUT2D eigenvalue weighted by atomic mass is 10.2. The summed E-state index contributed by atoms with van der Waals surface area (Å²) in [5, 5.41) is 3.25. The van der Waals surface area contributed by atoms with E-state index >= 15 is 0 Å². The van der Waals surface area contributed by atoms with Gasteiger partial charge in [-0.05, 0) is 49.9 Å². The van der Waals surface area contributed by atoms with Crippen molar-refractivity contribution in [3.8, 4) is 0 Å². The van der Waals surface area contributed by atoms with E-state index < -0.39 is 10.0 Å². The summed E-state index contributed by atoms with van der Waals surface area (Å²) in [5.74, 6) is 0.368. The Hall–Kier alpha value is -1.44. The average Bonchev–Trinajstić information content (AvgIpc) is 3.39. The molecule has 1 heterocycles. The summed E-state index contributed by atoms with van der Waals surface area (Å²) in [7, 11) is -3.54. The fraction of sp³-hybridized carbons (Fsp3) is 0.562. The van der Waals surface area contributed by atoms with E-state index in [-0.39, 0.29) is 10.8 Å². The summed E-state index contributed by atoms with van der Waals surface area (Å²) in [6.07, 6.45) is 3.08. The number of amides is 1. The van der Waals surface area contributed by atoms with Crippen molar-refractivity contribution >= 4 is 15.9 Å². The molecule has 126 valence electrons. The number of sulfonamides is 1. The highest BCUT2D eigenvalue weighted by Crippen LogP contribution is 2.28. The number of nitrogens with one attached hydrogen (secondary N) is 2. The fourth-order valence-electron chi connectivity index (χ4n) is 2.66. The van der Waals surface area contributed by atoms with Crippen molar-refractivity contribution in [1.82, 2.24) is 14.9 Å². The summed E-state index contributed by atoms with van der Waals surface area (Å²) in [5.41, 5.74) is 0.432. The van der Waals surface area contributed by atoms with Crippen molar-refractivity contribution in [2.24, 2.45) is 5.92 Å². The molecule has 0 bridgehead atoms. The molecule has 3 rings (SSSR count). The molecule has 2 aliphatic rings. The smallest absolute Gasteiger partial charge is 0.253 e. The Kier molecular flexibility index (Phi) is 4.99. The zero-order valence-corrected chi connectivity index (χ0v) is 13.9. The number of benzene rings is 1. The SMILES string of the molecule is O=C(c1cccc(S(=O)(=O)NCC2CC2)c1)N1CCCNCC1. The van der Waals surface area contributed by atoms with Gasteiger partial charge >= 0.3 is 0 Å². The van der Waals surface area contributed by atoms with Crippen LogP contribution in [0.15, 0.2) is 29.2 Å². The Morgan fingerprint density at radius 3 is 2.87 bits per heavy atom. The number of carbonyl (C=O) groups excluding carboxylic acids is 1. The summed E-state index contributed by atoms with van der Waals surface area (Å²) >= 11 is 0. The highest BCUT2D eigenvalue weighted by molar-refractivity contribution is 7.89. The van der Waals surface area contributed by atoms with E-state index in [2.05, 4.69) is 10.0 Å². The molecule has 2 N–H and O–H groups in total. The van der Waals surface area contributed by atoms with Crippen LogP contribution in [-0.2, 0) is 10.0 Å². The Labute approximate surface area is 137 Å². The summed E-state index contributed by atoms with van der Waals surface area (Å²) < 4.78 is 27.3. The molecule has 1 saturated carbocycles. The Bertz CT molecular complexity index is 663. The van der Waals surface area contributed by atoms with Crippen LogP contribution >= 0.6 is 0 Å². The Morgan fingerprint density at radius 2 is 2.09 bits per heavy atom. The molecule has 1 aromatic rings. The monoisotopic (exact) mass is 337 g/mol. The lowest BCUT2D eigenvalue weighted by molar-refractivity contribution is 0.0766. The van der Waals surface area contributed by atoms with Gasteiger partial charge in [0.2, 0.25) is 10.0 Å². The number of hydrogen-bond donors (Lipinski definition) is 2. The zero-order valence-electron chi connectivity index (χ0n) is 13.1. The van der Waals surface area contributed by atoms with Crippen molar-refractivity contribution in [2.75, 3.05) is 32.7 Å². The van der Waals surface area contributed by atoms with Gasteiger partial charge in [0, 0.05) is 31.7 Å². The Morgan fingerprint density at radius 1 is 1.26 bits per heavy atom. The minimum Gasteiger partial charge on any atom is -0.337 e. The molecule has 1 aliphatic carbocycles. The molecule has 1 saturated heterocycles. The molecule has 23 heavy (non-hydrogen) atoms. The fourth-order valence-corrected chi connectivity index (χ4v) is 3.82. The quantitative estimate of drug-likeness (QED) is 0.833. The lowest BCUT2D eigenvalue weighted by Crippen LogP contribution is -2.34. The van der Waals surface area contributed by atoms with E-state index in [4.69, 9.17) is 0 Å². The van der Waals surface area contributed by atoms with Crippen molar-refractivity contribution < 1.29 is 13.2 Å². The molecule has 0 spiro atoms. The second-order valence-electron chi connectivity index (χ2n) is 6.22. The predicted octanol–water partition coefficient (Wildman–Crippen LogP) is 0.810. The third-order valence-corrected chi connectivity index (χ3v) is 5.70. The molecule has 7 heteroatoms. The van der Waals surface area contributed by atoms with Crippen molar-refractivity contribution in [3.63, 3.8) is 0 Å². The van der Waals surface area contributed by atoms with Gasteiger partial charge in [-0.3, -0.25) is 4.79 Å². The normalized spacial score (nSPS) is 19.4. The van der Waals surface area contributed by atoms with Gasteiger partial charge in [-0.1, -0.05) is 6.07 Å². The second kappa shape index (κ2) is 6.98. The van der Waals surface area contributed by atoms with Crippen LogP contribution in [0.1, 0.15) is 29.6 Å². The molecule has 2 fully saturated rings. The number of rotatable bonds is 5. The molecule has 6 nitrogen and oxygen atoms in total. The highest BCUT2D eigenvalue weighted by atomic mass is 32.2. The minimum absolute atomic E-state index is 0.104. The van der Waals surface area contributed by atoms with E-state index in [0.717, 1.165) is 32.4 Å². The summed E-state index contributed by atoms with van der Waals surface area (Å²) in [6.45, 7) is 3.51. The highest BCUT2D eigenvalue weighted by Gasteiger charge is 2.25. The maximum Gasteiger partial charge on any atom is 0.253 e. The van der Waals surface area contributed by atoms with Crippen LogP contribution in [0.25, 0.3) is 0 Å². The van der Waals surface area contributed by atoms with E-state index in [0.29, 0.717) is 31.1 Å². The van der Waals surface area contributed by atoms with Crippen molar-refractivity contribution in [2.45, 2.75) is 24.2 Å². The standard InChI is InChI=1S/C16H23N3O3S/c20-16(19-9-2-7-17-8-10-19)14-3-1-4-15(11-14)23(21,22)18-12-13-5-6-13/h1,3-4,11,13,17-18H,2,5-10,12H2. The van der Waals surface area contributed by atoms with Gasteiger partial charge in [0.1, 0.15) is 0 Å². The topological polar surface area (TPSA) is 78.5 Å². The summed E-state index contributed by atoms with van der Waals surface area (Å²) in [6, 6.07) is 6.33. The summed E-state index contributed by atoms with van der Waals surface area (Å²) in [4.78, 5) is 14.5. The van der Waals surface area contributed by atoms with Gasteiger partial charge in [-0.15, -0.1) is 0 Å². The first-order chi connectivity index (χ1) is 11.1. The first kappa shape index (κ1) is 16.4. The van der Waals surface area contributed by atoms with Gasteiger partial charge in [-0.2, -0.15) is 0 Å². The molecule has 0 aromatic heterocycles. The average molecular weight is 337 g/mol. The first-order valence-electron chi connectivity index (χ1n) is 8.16. The van der Waals surface area contributed by atoms with Gasteiger partial charge < -0.3 is 10.2 Å². The van der Waals surface area contributed by atoms with Crippen LogP contribution in [0.3, 0.4) is 0 Å². The third-order valence-electron chi connectivity index (χ3n) is 4.28. The first-order valence-corrected chi connectivity index (χ1v) is 9.64. The van der Waals surface area contributed by atoms with Crippen molar-refractivity contribution in [3.05, 3.63) is 29.8 Å². The number of carbonyl (C=O) groups is 1. The molecule has 0 radical (unpaired) electrons. The van der Waals surface area contributed by atoms with Gasteiger partial charge in [0.25, 0.3) is 5.91 Å². The van der Waals surface area contributed by atoms with E-state index in [1.807, 2.05) is 0 Å². The molecule has 1 amide bonds. The van der Waals surface area contributed by atoms with Crippen LogP contribution in [0, 0.1) is 5.92 Å². The van der Waals surface area contributed by atoms with Gasteiger partial charge in [0.15, 0.2) is 0 Å². The van der Waals surface area contributed by atoms with Crippen molar-refractivity contribution in [1.29, 1.82) is 0 Å². The van der Waals surface area contributed by atoms with Crippen LogP contribution in [-0.4, -0.2) is 51.9 Å². The maximum atomic E-state index is 12.6. The number of hydrogen-bond acceptors (Lipinski definition) is 4. The van der Waals surface area contributed by atoms with Crippen LogP contribution in [0.5, 0.6) is 0 Å². The number of nitrogens with zero attached hydrogens (tertiary/aromatic N) is 1. The maximum absolute atomic E-state index is 12.6. The van der Waals surface area contributed by atoms with E-state index in [1.165, 1.54) is 12.1 Å². The molecule has 0 unspecified atom stereocenters. The molecule has 0 atom stereocenters. The third kappa shape index (κ3) is 4.31. The molecular weight excluding hydrogens is 314 g/mol.